The second kappa shape index (κ2) is 8.64. The van der Waals surface area contributed by atoms with Crippen molar-refractivity contribution in [1.82, 2.24) is 19.9 Å². The number of amides is 1. The van der Waals surface area contributed by atoms with E-state index in [1.165, 1.54) is 23.5 Å². The highest BCUT2D eigenvalue weighted by molar-refractivity contribution is 7.14. The molecule has 1 aromatic carbocycles. The number of carbonyl (C=O) groups is 1. The molecule has 0 spiro atoms. The number of fused-ring (bicyclic) bond motifs is 1. The van der Waals surface area contributed by atoms with Crippen molar-refractivity contribution in [2.24, 2.45) is 0 Å². The van der Waals surface area contributed by atoms with Gasteiger partial charge in [-0.25, -0.2) is 9.97 Å². The minimum atomic E-state index is -4.77. The summed E-state index contributed by atoms with van der Waals surface area (Å²) < 4.78 is 40.9. The van der Waals surface area contributed by atoms with Gasteiger partial charge in [0.1, 0.15) is 5.75 Å². The minimum absolute atomic E-state index is 0.214. The Bertz CT molecular complexity index is 1320. The van der Waals surface area contributed by atoms with Gasteiger partial charge in [0.15, 0.2) is 11.5 Å². The van der Waals surface area contributed by atoms with Gasteiger partial charge in [0, 0.05) is 24.8 Å². The average molecular weight is 488 g/mol. The number of anilines is 1. The normalized spacial score (nSPS) is 15.1. The molecule has 3 N–H and O–H groups in total. The first-order valence-electron chi connectivity index (χ1n) is 10.6. The molecule has 0 saturated carbocycles. The topological polar surface area (TPSA) is 97.1 Å². The van der Waals surface area contributed by atoms with Gasteiger partial charge in [-0.15, -0.1) is 24.5 Å². The van der Waals surface area contributed by atoms with Gasteiger partial charge in [0.25, 0.3) is 5.91 Å². The number of piperidine rings is 1. The fourth-order valence-electron chi connectivity index (χ4n) is 4.26. The van der Waals surface area contributed by atoms with Gasteiger partial charge in [0.05, 0.1) is 16.1 Å². The number of likely N-dealkylation sites (tertiary alicyclic amines) is 1. The highest BCUT2D eigenvalue weighted by Gasteiger charge is 2.31. The van der Waals surface area contributed by atoms with E-state index in [0.29, 0.717) is 35.8 Å². The molecule has 1 amide bonds. The van der Waals surface area contributed by atoms with E-state index < -0.39 is 6.36 Å². The smallest absolute Gasteiger partial charge is 0.406 e. The maximum Gasteiger partial charge on any atom is 0.573 e. The number of thiophene rings is 1. The van der Waals surface area contributed by atoms with Gasteiger partial charge in [-0.3, -0.25) is 4.79 Å². The Hall–Kier alpha value is -3.60. The summed E-state index contributed by atoms with van der Waals surface area (Å²) in [6.45, 7) is 1.07. The first kappa shape index (κ1) is 22.2. The Balaban J connectivity index is 1.28. The lowest BCUT2D eigenvalue weighted by molar-refractivity contribution is -0.274. The number of aromatic amines is 1. The van der Waals surface area contributed by atoms with Gasteiger partial charge in [0.2, 0.25) is 0 Å². The average Bonchev–Trinajstić information content (AvgIpc) is 3.43. The molecule has 11 heteroatoms. The van der Waals surface area contributed by atoms with Crippen LogP contribution in [0.25, 0.3) is 21.9 Å². The largest absolute Gasteiger partial charge is 0.573 e. The van der Waals surface area contributed by atoms with Crippen molar-refractivity contribution >= 4 is 34.1 Å². The molecule has 0 atom stereocenters. The highest BCUT2D eigenvalue weighted by Crippen LogP contribution is 2.35. The lowest BCUT2D eigenvalue weighted by Crippen LogP contribution is -2.38. The molecule has 0 unspecified atom stereocenters. The molecule has 34 heavy (non-hydrogen) atoms. The maximum atomic E-state index is 12.8. The summed E-state index contributed by atoms with van der Waals surface area (Å²) in [5.74, 6) is 0.334. The van der Waals surface area contributed by atoms with Crippen LogP contribution >= 0.6 is 11.3 Å². The molecule has 0 bridgehead atoms. The lowest BCUT2D eigenvalue weighted by atomic mass is 9.89. The van der Waals surface area contributed by atoms with Crippen molar-refractivity contribution in [3.63, 3.8) is 0 Å². The monoisotopic (exact) mass is 487 g/mol. The van der Waals surface area contributed by atoms with E-state index in [9.17, 15) is 18.0 Å². The minimum Gasteiger partial charge on any atom is -0.406 e. The number of alkyl halides is 3. The molecule has 5 rings (SSSR count). The van der Waals surface area contributed by atoms with Gasteiger partial charge < -0.3 is 20.4 Å². The number of aromatic nitrogens is 3. The summed E-state index contributed by atoms with van der Waals surface area (Å²) in [5, 5.41) is 1.91. The number of rotatable bonds is 4. The summed E-state index contributed by atoms with van der Waals surface area (Å²) in [6.07, 6.45) is -1.54. The summed E-state index contributed by atoms with van der Waals surface area (Å²) in [6, 6.07) is 8.82. The van der Waals surface area contributed by atoms with Gasteiger partial charge in [-0.2, -0.15) is 0 Å². The Morgan fingerprint density at radius 3 is 2.53 bits per heavy atom. The number of benzene rings is 1. The molecule has 1 fully saturated rings. The van der Waals surface area contributed by atoms with Gasteiger partial charge in [-0.05, 0) is 66.1 Å². The zero-order valence-electron chi connectivity index (χ0n) is 17.8. The van der Waals surface area contributed by atoms with E-state index >= 15 is 0 Å². The second-order valence-electron chi connectivity index (χ2n) is 8.03. The summed E-state index contributed by atoms with van der Waals surface area (Å²) in [4.78, 5) is 27.8. The van der Waals surface area contributed by atoms with E-state index in [1.54, 1.807) is 11.1 Å². The number of nitrogens with two attached hydrogens (primary N) is 1. The molecule has 0 radical (unpaired) electrons. The summed E-state index contributed by atoms with van der Waals surface area (Å²) in [7, 11) is 0. The van der Waals surface area contributed by atoms with Crippen molar-refractivity contribution in [3.8, 4) is 16.5 Å². The first-order valence-corrected chi connectivity index (χ1v) is 11.5. The number of nitrogens with one attached hydrogen (secondary N) is 1. The van der Waals surface area contributed by atoms with Crippen LogP contribution in [0.1, 0.15) is 34.7 Å². The molecule has 3 aromatic heterocycles. The third-order valence-electron chi connectivity index (χ3n) is 5.89. The van der Waals surface area contributed by atoms with Crippen LogP contribution in [0.15, 0.2) is 48.0 Å². The number of nitrogen functional groups attached to an aromatic ring is 1. The molecule has 0 aliphatic carbocycles. The van der Waals surface area contributed by atoms with Crippen LogP contribution in [-0.2, 0) is 0 Å². The molecular weight excluding hydrogens is 467 g/mol. The molecule has 176 valence electrons. The SMILES string of the molecule is Nc1ccsc1-c1nc2nccc(C3CCN(C(=O)c4ccc(OC(F)(F)F)cc4)CC3)c2[nH]1. The van der Waals surface area contributed by atoms with Crippen LogP contribution in [0.5, 0.6) is 5.75 Å². The van der Waals surface area contributed by atoms with Gasteiger partial charge >= 0.3 is 6.36 Å². The van der Waals surface area contributed by atoms with E-state index in [1.807, 2.05) is 17.5 Å². The molecule has 1 aliphatic rings. The number of H-pyrrole nitrogens is 1. The van der Waals surface area contributed by atoms with Crippen LogP contribution < -0.4 is 10.5 Å². The summed E-state index contributed by atoms with van der Waals surface area (Å²) in [5.41, 5.74) is 9.62. The first-order chi connectivity index (χ1) is 16.3. The molecule has 7 nitrogen and oxygen atoms in total. The van der Waals surface area contributed by atoms with Crippen molar-refractivity contribution < 1.29 is 22.7 Å². The van der Waals surface area contributed by atoms with E-state index in [4.69, 9.17) is 5.73 Å². The van der Waals surface area contributed by atoms with Crippen molar-refractivity contribution in [3.05, 3.63) is 59.1 Å². The van der Waals surface area contributed by atoms with Crippen LogP contribution in [0.2, 0.25) is 0 Å². The third-order valence-corrected chi connectivity index (χ3v) is 6.83. The Kier molecular flexibility index (Phi) is 5.64. The Labute approximate surface area is 196 Å². The standard InChI is InChI=1S/C23H20F3N5O2S/c24-23(25,26)33-15-3-1-14(2-4-15)22(32)31-10-6-13(7-11-31)16-5-9-28-20-18(16)29-21(30-20)19-17(27)8-12-34-19/h1-5,8-9,12-13H,6-7,10-11,27H2,(H,28,29,30). The molecule has 4 heterocycles. The number of hydrogen-bond donors (Lipinski definition) is 2. The van der Waals surface area contributed by atoms with Gasteiger partial charge in [-0.1, -0.05) is 0 Å². The number of imidazole rings is 1. The third kappa shape index (κ3) is 4.43. The van der Waals surface area contributed by atoms with E-state index in [-0.39, 0.29) is 17.6 Å². The van der Waals surface area contributed by atoms with E-state index in [0.717, 1.165) is 40.9 Å². The summed E-state index contributed by atoms with van der Waals surface area (Å²) >= 11 is 1.51. The fraction of sp³-hybridized carbons (Fsp3) is 0.261. The zero-order chi connectivity index (χ0) is 23.9. The van der Waals surface area contributed by atoms with E-state index in [2.05, 4.69) is 19.7 Å². The number of nitrogens with zero attached hydrogens (tertiary/aromatic N) is 3. The fourth-order valence-corrected chi connectivity index (χ4v) is 5.03. The number of hydrogen-bond acceptors (Lipinski definition) is 6. The quantitative estimate of drug-likeness (QED) is 0.413. The zero-order valence-corrected chi connectivity index (χ0v) is 18.6. The van der Waals surface area contributed by atoms with Crippen LogP contribution in [0, 0.1) is 0 Å². The molecule has 1 saturated heterocycles. The molecule has 1 aliphatic heterocycles. The number of carbonyl (C=O) groups excluding carboxylic acids is 1. The second-order valence-corrected chi connectivity index (χ2v) is 8.94. The van der Waals surface area contributed by atoms with Crippen LogP contribution in [0.3, 0.4) is 0 Å². The van der Waals surface area contributed by atoms with Crippen molar-refractivity contribution in [2.75, 3.05) is 18.8 Å². The predicted molar refractivity (Wildman–Crippen MR) is 123 cm³/mol. The van der Waals surface area contributed by atoms with Crippen LogP contribution in [-0.4, -0.2) is 45.2 Å². The Morgan fingerprint density at radius 1 is 1.15 bits per heavy atom. The van der Waals surface area contributed by atoms with Crippen molar-refractivity contribution in [2.45, 2.75) is 25.1 Å². The number of halogens is 3. The van der Waals surface area contributed by atoms with Crippen LogP contribution in [0.4, 0.5) is 18.9 Å². The lowest BCUT2D eigenvalue weighted by Gasteiger charge is -2.32. The highest BCUT2D eigenvalue weighted by atomic mass is 32.1. The number of pyridine rings is 1. The number of ether oxygens (including phenoxy) is 1. The maximum absolute atomic E-state index is 12.8. The predicted octanol–water partition coefficient (Wildman–Crippen LogP) is 5.19. The molecular formula is C23H20F3N5O2S. The molecule has 4 aromatic rings. The van der Waals surface area contributed by atoms with Crippen molar-refractivity contribution in [1.29, 1.82) is 0 Å². The Morgan fingerprint density at radius 2 is 1.88 bits per heavy atom.